The van der Waals surface area contributed by atoms with Crippen LogP contribution >= 0.6 is 0 Å². The van der Waals surface area contributed by atoms with E-state index in [0.29, 0.717) is 13.0 Å². The third kappa shape index (κ3) is 2.92. The number of urea groups is 1. The first-order valence-electron chi connectivity index (χ1n) is 7.55. The van der Waals surface area contributed by atoms with Crippen LogP contribution < -0.4 is 15.8 Å². The summed E-state index contributed by atoms with van der Waals surface area (Å²) in [6.07, 6.45) is 0.705. The van der Waals surface area contributed by atoms with E-state index in [9.17, 15) is 9.59 Å². The Morgan fingerprint density at radius 3 is 2.45 bits per heavy atom. The Hall–Kier alpha value is -2.08. The number of nitrogens with one attached hydrogen (secondary N) is 1. The van der Waals surface area contributed by atoms with Crippen LogP contribution in [0.25, 0.3) is 0 Å². The van der Waals surface area contributed by atoms with Crippen molar-refractivity contribution in [3.05, 3.63) is 29.8 Å². The molecule has 1 aliphatic rings. The first-order valence-corrected chi connectivity index (χ1v) is 7.55. The lowest BCUT2D eigenvalue weighted by Gasteiger charge is -2.23. The molecule has 0 radical (unpaired) electrons. The molecule has 6 heteroatoms. The minimum Gasteiger partial charge on any atom is -0.494 e. The summed E-state index contributed by atoms with van der Waals surface area (Å²) in [4.78, 5) is 26.0. The molecule has 0 spiro atoms. The summed E-state index contributed by atoms with van der Waals surface area (Å²) in [6.45, 7) is 6.35. The Kier molecular flexibility index (Phi) is 4.71. The summed E-state index contributed by atoms with van der Waals surface area (Å²) in [5, 5.41) is 2.77. The van der Waals surface area contributed by atoms with E-state index in [1.54, 1.807) is 31.2 Å². The van der Waals surface area contributed by atoms with Crippen molar-refractivity contribution in [3.63, 3.8) is 0 Å². The lowest BCUT2D eigenvalue weighted by atomic mass is 9.92. The van der Waals surface area contributed by atoms with Crippen LogP contribution in [-0.2, 0) is 10.3 Å². The predicted octanol–water partition coefficient (Wildman–Crippen LogP) is 1.59. The van der Waals surface area contributed by atoms with Gasteiger partial charge in [0.1, 0.15) is 11.3 Å². The van der Waals surface area contributed by atoms with Crippen molar-refractivity contribution < 1.29 is 14.3 Å². The van der Waals surface area contributed by atoms with E-state index in [1.165, 1.54) is 4.90 Å². The smallest absolute Gasteiger partial charge is 0.325 e. The van der Waals surface area contributed by atoms with E-state index in [0.717, 1.165) is 11.3 Å². The number of ether oxygens (including phenoxy) is 1. The number of amides is 3. The van der Waals surface area contributed by atoms with Gasteiger partial charge < -0.3 is 15.8 Å². The second kappa shape index (κ2) is 6.36. The molecule has 22 heavy (non-hydrogen) atoms. The minimum absolute atomic E-state index is 0.211. The summed E-state index contributed by atoms with van der Waals surface area (Å²) in [5.41, 5.74) is 5.53. The minimum atomic E-state index is -1.06. The molecule has 1 saturated heterocycles. The number of hydrogen-bond donors (Lipinski definition) is 2. The number of carbonyl (C=O) groups is 2. The third-order valence-corrected chi connectivity index (χ3v) is 3.96. The maximum atomic E-state index is 12.7. The Balaban J connectivity index is 2.22. The van der Waals surface area contributed by atoms with Gasteiger partial charge in [-0.15, -0.1) is 0 Å². The van der Waals surface area contributed by atoms with Crippen LogP contribution in [0, 0.1) is 0 Å². The molecule has 1 aromatic rings. The van der Waals surface area contributed by atoms with Gasteiger partial charge in [0.2, 0.25) is 0 Å². The molecule has 1 fully saturated rings. The highest BCUT2D eigenvalue weighted by Crippen LogP contribution is 2.30. The predicted molar refractivity (Wildman–Crippen MR) is 83.5 cm³/mol. The van der Waals surface area contributed by atoms with Crippen molar-refractivity contribution in [1.82, 2.24) is 10.2 Å². The molecule has 2 atom stereocenters. The Morgan fingerprint density at radius 2 is 1.91 bits per heavy atom. The molecule has 2 rings (SSSR count). The van der Waals surface area contributed by atoms with Crippen molar-refractivity contribution in [1.29, 1.82) is 0 Å². The van der Waals surface area contributed by atoms with E-state index in [2.05, 4.69) is 5.32 Å². The lowest BCUT2D eigenvalue weighted by Crippen LogP contribution is -2.43. The molecule has 1 heterocycles. The van der Waals surface area contributed by atoms with Gasteiger partial charge in [0.15, 0.2) is 0 Å². The summed E-state index contributed by atoms with van der Waals surface area (Å²) >= 11 is 0. The van der Waals surface area contributed by atoms with Crippen LogP contribution in [0.4, 0.5) is 4.79 Å². The van der Waals surface area contributed by atoms with Crippen molar-refractivity contribution in [2.24, 2.45) is 5.73 Å². The van der Waals surface area contributed by atoms with Crippen LogP contribution in [-0.4, -0.2) is 36.0 Å². The van der Waals surface area contributed by atoms with Gasteiger partial charge >= 0.3 is 6.03 Å². The topological polar surface area (TPSA) is 84.7 Å². The second-order valence-electron chi connectivity index (χ2n) is 5.60. The first-order chi connectivity index (χ1) is 10.4. The van der Waals surface area contributed by atoms with E-state index < -0.39 is 11.6 Å². The Morgan fingerprint density at radius 1 is 1.27 bits per heavy atom. The van der Waals surface area contributed by atoms with Gasteiger partial charge in [-0.2, -0.15) is 0 Å². The third-order valence-electron chi connectivity index (χ3n) is 3.96. The maximum absolute atomic E-state index is 12.7. The van der Waals surface area contributed by atoms with Gasteiger partial charge in [-0.25, -0.2) is 4.79 Å². The molecule has 2 unspecified atom stereocenters. The van der Waals surface area contributed by atoms with Crippen LogP contribution in [0.2, 0.25) is 0 Å². The molecule has 0 bridgehead atoms. The molecule has 0 aliphatic carbocycles. The number of carbonyl (C=O) groups excluding carboxylic acids is 2. The van der Waals surface area contributed by atoms with E-state index in [1.807, 2.05) is 13.8 Å². The standard InChI is InChI=1S/C16H23N3O3/c1-4-12(17)10-19-14(20)16(3,18-15(19)21)11-6-8-13(9-7-11)22-5-2/h6-9,12H,4-5,10,17H2,1-3H3,(H,18,21). The first kappa shape index (κ1) is 16.3. The average Bonchev–Trinajstić information content (AvgIpc) is 2.72. The molecule has 120 valence electrons. The van der Waals surface area contributed by atoms with E-state index in [-0.39, 0.29) is 18.5 Å². The highest BCUT2D eigenvalue weighted by molar-refractivity contribution is 6.07. The number of rotatable bonds is 6. The molecule has 0 aromatic heterocycles. The quantitative estimate of drug-likeness (QED) is 0.782. The fourth-order valence-electron chi connectivity index (χ4n) is 2.47. The van der Waals surface area contributed by atoms with Crippen molar-refractivity contribution in [2.75, 3.05) is 13.2 Å². The highest BCUT2D eigenvalue weighted by Gasteiger charge is 2.49. The molecule has 1 aromatic carbocycles. The number of imide groups is 1. The van der Waals surface area contributed by atoms with Gasteiger partial charge in [0.25, 0.3) is 5.91 Å². The zero-order valence-electron chi connectivity index (χ0n) is 13.3. The second-order valence-corrected chi connectivity index (χ2v) is 5.60. The van der Waals surface area contributed by atoms with Crippen LogP contribution in [0.3, 0.4) is 0 Å². The molecular formula is C16H23N3O3. The SMILES string of the molecule is CCOc1ccc(C2(C)NC(=O)N(CC(N)CC)C2=O)cc1. The maximum Gasteiger partial charge on any atom is 0.325 e. The fourth-order valence-corrected chi connectivity index (χ4v) is 2.47. The van der Waals surface area contributed by atoms with Crippen molar-refractivity contribution >= 4 is 11.9 Å². The molecular weight excluding hydrogens is 282 g/mol. The van der Waals surface area contributed by atoms with E-state index >= 15 is 0 Å². The zero-order chi connectivity index (χ0) is 16.3. The van der Waals surface area contributed by atoms with Crippen molar-refractivity contribution in [3.8, 4) is 5.75 Å². The number of benzene rings is 1. The van der Waals surface area contributed by atoms with Gasteiger partial charge in [0, 0.05) is 12.6 Å². The largest absolute Gasteiger partial charge is 0.494 e. The zero-order valence-corrected chi connectivity index (χ0v) is 13.3. The van der Waals surface area contributed by atoms with Gasteiger partial charge in [-0.3, -0.25) is 9.69 Å². The summed E-state index contributed by atoms with van der Waals surface area (Å²) in [5.74, 6) is 0.460. The lowest BCUT2D eigenvalue weighted by molar-refractivity contribution is -0.131. The highest BCUT2D eigenvalue weighted by atomic mass is 16.5. The monoisotopic (exact) mass is 305 g/mol. The summed E-state index contributed by atoms with van der Waals surface area (Å²) in [7, 11) is 0. The summed E-state index contributed by atoms with van der Waals surface area (Å²) in [6, 6.07) is 6.58. The van der Waals surface area contributed by atoms with Crippen LogP contribution in [0.5, 0.6) is 5.75 Å². The fraction of sp³-hybridized carbons (Fsp3) is 0.500. The van der Waals surface area contributed by atoms with Gasteiger partial charge in [-0.1, -0.05) is 19.1 Å². The van der Waals surface area contributed by atoms with Crippen LogP contribution in [0.15, 0.2) is 24.3 Å². The van der Waals surface area contributed by atoms with E-state index in [4.69, 9.17) is 10.5 Å². The summed E-state index contributed by atoms with van der Waals surface area (Å²) < 4.78 is 5.39. The number of nitrogens with zero attached hydrogens (tertiary/aromatic N) is 1. The molecule has 6 nitrogen and oxygen atoms in total. The Labute approximate surface area is 130 Å². The molecule has 3 amide bonds. The Bertz CT molecular complexity index is 558. The van der Waals surface area contributed by atoms with Crippen LogP contribution in [0.1, 0.15) is 32.8 Å². The van der Waals surface area contributed by atoms with Gasteiger partial charge in [0.05, 0.1) is 6.61 Å². The molecule has 0 saturated carbocycles. The normalized spacial score (nSPS) is 22.6. The van der Waals surface area contributed by atoms with Gasteiger partial charge in [-0.05, 0) is 38.0 Å². The molecule has 1 aliphatic heterocycles. The average molecular weight is 305 g/mol. The molecule has 3 N–H and O–H groups in total. The number of nitrogens with two attached hydrogens (primary N) is 1. The van der Waals surface area contributed by atoms with Crippen molar-refractivity contribution in [2.45, 2.75) is 38.8 Å². The number of hydrogen-bond acceptors (Lipinski definition) is 4.